The van der Waals surface area contributed by atoms with Gasteiger partial charge in [-0.25, -0.2) is 4.98 Å². The van der Waals surface area contributed by atoms with Gasteiger partial charge in [0, 0.05) is 25.0 Å². The van der Waals surface area contributed by atoms with E-state index in [1.807, 2.05) is 6.20 Å². The topological polar surface area (TPSA) is 39.1 Å². The predicted molar refractivity (Wildman–Crippen MR) is 73.9 cm³/mol. The van der Waals surface area contributed by atoms with Gasteiger partial charge in [0.05, 0.1) is 12.7 Å². The molecule has 1 aliphatic carbocycles. The number of anilines is 1. The van der Waals surface area contributed by atoms with Gasteiger partial charge in [-0.15, -0.1) is 0 Å². The molecule has 1 fully saturated rings. The van der Waals surface area contributed by atoms with E-state index in [1.165, 1.54) is 32.1 Å². The van der Waals surface area contributed by atoms with Crippen molar-refractivity contribution >= 4 is 5.95 Å². The van der Waals surface area contributed by atoms with Crippen LogP contribution in [0.2, 0.25) is 0 Å². The van der Waals surface area contributed by atoms with Gasteiger partial charge in [-0.05, 0) is 26.7 Å². The molecule has 18 heavy (non-hydrogen) atoms. The molecule has 0 bridgehead atoms. The summed E-state index contributed by atoms with van der Waals surface area (Å²) >= 11 is 0. The first kappa shape index (κ1) is 13.4. The SMILES string of the molecule is CC(C)OCCNc1nccn1C1CCCCC1. The second kappa shape index (κ2) is 6.78. The maximum atomic E-state index is 5.53. The summed E-state index contributed by atoms with van der Waals surface area (Å²) in [5.41, 5.74) is 0. The van der Waals surface area contributed by atoms with E-state index in [1.54, 1.807) is 0 Å². The quantitative estimate of drug-likeness (QED) is 0.789. The Balaban J connectivity index is 1.83. The van der Waals surface area contributed by atoms with Crippen molar-refractivity contribution in [1.82, 2.24) is 9.55 Å². The number of imidazole rings is 1. The van der Waals surface area contributed by atoms with Gasteiger partial charge < -0.3 is 14.6 Å². The van der Waals surface area contributed by atoms with Crippen LogP contribution in [0.25, 0.3) is 0 Å². The lowest BCUT2D eigenvalue weighted by atomic mass is 9.95. The number of nitrogens with zero attached hydrogens (tertiary/aromatic N) is 2. The standard InChI is InChI=1S/C14H25N3O/c1-12(2)18-11-9-16-14-15-8-10-17(14)13-6-4-3-5-7-13/h8,10,12-13H,3-7,9,11H2,1-2H3,(H,15,16). The van der Waals surface area contributed by atoms with Crippen molar-refractivity contribution in [2.45, 2.75) is 58.1 Å². The molecule has 0 saturated heterocycles. The highest BCUT2D eigenvalue weighted by Crippen LogP contribution is 2.29. The summed E-state index contributed by atoms with van der Waals surface area (Å²) in [6, 6.07) is 0.634. The van der Waals surface area contributed by atoms with E-state index in [2.05, 4.69) is 34.9 Å². The minimum absolute atomic E-state index is 0.296. The van der Waals surface area contributed by atoms with Crippen molar-refractivity contribution in [3.63, 3.8) is 0 Å². The van der Waals surface area contributed by atoms with Crippen LogP contribution in [0, 0.1) is 0 Å². The number of nitrogens with one attached hydrogen (secondary N) is 1. The van der Waals surface area contributed by atoms with E-state index in [-0.39, 0.29) is 0 Å². The Bertz CT molecular complexity index is 343. The maximum absolute atomic E-state index is 5.53. The molecule has 1 heterocycles. The average molecular weight is 251 g/mol. The van der Waals surface area contributed by atoms with Crippen molar-refractivity contribution in [3.8, 4) is 0 Å². The molecule has 0 radical (unpaired) electrons. The Kier molecular flexibility index (Phi) is 5.05. The molecular formula is C14H25N3O. The molecular weight excluding hydrogens is 226 g/mol. The van der Waals surface area contributed by atoms with Crippen LogP contribution in [-0.4, -0.2) is 28.8 Å². The monoisotopic (exact) mass is 251 g/mol. The highest BCUT2D eigenvalue weighted by atomic mass is 16.5. The first-order valence-corrected chi connectivity index (χ1v) is 7.15. The molecule has 0 atom stereocenters. The predicted octanol–water partition coefficient (Wildman–Crippen LogP) is 3.23. The van der Waals surface area contributed by atoms with Crippen molar-refractivity contribution in [2.24, 2.45) is 0 Å². The Morgan fingerprint density at radius 1 is 1.39 bits per heavy atom. The third kappa shape index (κ3) is 3.73. The number of ether oxygens (including phenoxy) is 1. The van der Waals surface area contributed by atoms with E-state index in [0.29, 0.717) is 12.1 Å². The molecule has 1 N–H and O–H groups in total. The molecule has 0 amide bonds. The molecule has 0 unspecified atom stereocenters. The van der Waals surface area contributed by atoms with Gasteiger partial charge in [0.2, 0.25) is 5.95 Å². The normalized spacial score (nSPS) is 17.3. The van der Waals surface area contributed by atoms with Gasteiger partial charge >= 0.3 is 0 Å². The molecule has 1 aromatic rings. The highest BCUT2D eigenvalue weighted by molar-refractivity contribution is 5.26. The van der Waals surface area contributed by atoms with Crippen molar-refractivity contribution in [1.29, 1.82) is 0 Å². The van der Waals surface area contributed by atoms with E-state index < -0.39 is 0 Å². The second-order valence-corrected chi connectivity index (χ2v) is 5.30. The Labute approximate surface area is 110 Å². The van der Waals surface area contributed by atoms with Crippen LogP contribution >= 0.6 is 0 Å². The highest BCUT2D eigenvalue weighted by Gasteiger charge is 2.17. The lowest BCUT2D eigenvalue weighted by Gasteiger charge is -2.24. The average Bonchev–Trinajstić information content (AvgIpc) is 2.84. The maximum Gasteiger partial charge on any atom is 0.203 e. The smallest absolute Gasteiger partial charge is 0.203 e. The van der Waals surface area contributed by atoms with Gasteiger partial charge in [-0.1, -0.05) is 19.3 Å². The molecule has 2 rings (SSSR count). The summed E-state index contributed by atoms with van der Waals surface area (Å²) in [5, 5.41) is 3.37. The lowest BCUT2D eigenvalue weighted by molar-refractivity contribution is 0.0869. The van der Waals surface area contributed by atoms with E-state index >= 15 is 0 Å². The van der Waals surface area contributed by atoms with Crippen LogP contribution in [-0.2, 0) is 4.74 Å². The summed E-state index contributed by atoms with van der Waals surface area (Å²) in [5.74, 6) is 0.995. The van der Waals surface area contributed by atoms with Crippen LogP contribution in [0.3, 0.4) is 0 Å². The van der Waals surface area contributed by atoms with Gasteiger partial charge in [0.25, 0.3) is 0 Å². The summed E-state index contributed by atoms with van der Waals surface area (Å²) in [6.07, 6.45) is 10.9. The number of hydrogen-bond acceptors (Lipinski definition) is 3. The van der Waals surface area contributed by atoms with Gasteiger partial charge in [-0.3, -0.25) is 0 Å². The zero-order valence-corrected chi connectivity index (χ0v) is 11.6. The lowest BCUT2D eigenvalue weighted by Crippen LogP contribution is -2.18. The van der Waals surface area contributed by atoms with Crippen LogP contribution in [0.5, 0.6) is 0 Å². The third-order valence-corrected chi connectivity index (χ3v) is 3.47. The van der Waals surface area contributed by atoms with Crippen molar-refractivity contribution < 1.29 is 4.74 Å². The third-order valence-electron chi connectivity index (χ3n) is 3.47. The summed E-state index contributed by atoms with van der Waals surface area (Å²) in [6.45, 7) is 5.67. The largest absolute Gasteiger partial charge is 0.377 e. The fourth-order valence-corrected chi connectivity index (χ4v) is 2.56. The molecule has 1 saturated carbocycles. The molecule has 4 heteroatoms. The minimum atomic E-state index is 0.296. The summed E-state index contributed by atoms with van der Waals surface area (Å²) in [7, 11) is 0. The first-order valence-electron chi connectivity index (χ1n) is 7.15. The van der Waals surface area contributed by atoms with Crippen LogP contribution in [0.4, 0.5) is 5.95 Å². The Hall–Kier alpha value is -1.03. The number of hydrogen-bond donors (Lipinski definition) is 1. The van der Waals surface area contributed by atoms with E-state index in [0.717, 1.165) is 19.1 Å². The molecule has 0 aliphatic heterocycles. The van der Waals surface area contributed by atoms with Crippen LogP contribution in [0.1, 0.15) is 52.0 Å². The Morgan fingerprint density at radius 2 is 2.17 bits per heavy atom. The molecule has 1 aliphatic rings. The number of rotatable bonds is 6. The van der Waals surface area contributed by atoms with E-state index in [4.69, 9.17) is 4.74 Å². The first-order chi connectivity index (χ1) is 8.77. The molecule has 4 nitrogen and oxygen atoms in total. The molecule has 0 spiro atoms. The second-order valence-electron chi connectivity index (χ2n) is 5.30. The molecule has 0 aromatic carbocycles. The number of aromatic nitrogens is 2. The van der Waals surface area contributed by atoms with Crippen LogP contribution in [0.15, 0.2) is 12.4 Å². The summed E-state index contributed by atoms with van der Waals surface area (Å²) < 4.78 is 7.83. The summed E-state index contributed by atoms with van der Waals surface area (Å²) in [4.78, 5) is 4.40. The zero-order chi connectivity index (χ0) is 12.8. The Morgan fingerprint density at radius 3 is 2.89 bits per heavy atom. The fraction of sp³-hybridized carbons (Fsp3) is 0.786. The van der Waals surface area contributed by atoms with Gasteiger partial charge in [0.15, 0.2) is 0 Å². The minimum Gasteiger partial charge on any atom is -0.377 e. The zero-order valence-electron chi connectivity index (χ0n) is 11.6. The molecule has 1 aromatic heterocycles. The molecule has 102 valence electrons. The van der Waals surface area contributed by atoms with Crippen LogP contribution < -0.4 is 5.32 Å². The van der Waals surface area contributed by atoms with E-state index in [9.17, 15) is 0 Å². The fourth-order valence-electron chi connectivity index (χ4n) is 2.56. The van der Waals surface area contributed by atoms with Crippen molar-refractivity contribution in [2.75, 3.05) is 18.5 Å². The van der Waals surface area contributed by atoms with Gasteiger partial charge in [0.1, 0.15) is 0 Å². The van der Waals surface area contributed by atoms with Gasteiger partial charge in [-0.2, -0.15) is 0 Å². The van der Waals surface area contributed by atoms with Crippen molar-refractivity contribution in [3.05, 3.63) is 12.4 Å².